The number of hydrogen-bond donors (Lipinski definition) is 1. The molecule has 0 radical (unpaired) electrons. The van der Waals surface area contributed by atoms with Gasteiger partial charge in [0.1, 0.15) is 17.4 Å². The molecule has 0 spiro atoms. The molecule has 2 aromatic heterocycles. The summed E-state index contributed by atoms with van der Waals surface area (Å²) in [5.74, 6) is 0.726. The molecule has 0 aliphatic rings. The van der Waals surface area contributed by atoms with Crippen LogP contribution in [0.15, 0.2) is 65.3 Å². The van der Waals surface area contributed by atoms with Crippen LogP contribution in [0.25, 0.3) is 22.1 Å². The molecule has 1 atom stereocenters. The van der Waals surface area contributed by atoms with Crippen LogP contribution in [0.1, 0.15) is 11.6 Å². The highest BCUT2D eigenvalue weighted by Crippen LogP contribution is 2.30. The first-order valence-electron chi connectivity index (χ1n) is 8.31. The molecular weight excluding hydrogens is 312 g/mol. The van der Waals surface area contributed by atoms with Gasteiger partial charge in [0.25, 0.3) is 0 Å². The molecular formula is C20H20N4O. The van der Waals surface area contributed by atoms with Crippen LogP contribution in [-0.4, -0.2) is 35.5 Å². The van der Waals surface area contributed by atoms with Crippen LogP contribution >= 0.6 is 0 Å². The van der Waals surface area contributed by atoms with Crippen LogP contribution in [0.3, 0.4) is 0 Å². The first-order chi connectivity index (χ1) is 12.2. The summed E-state index contributed by atoms with van der Waals surface area (Å²) < 4.78 is 5.98. The van der Waals surface area contributed by atoms with E-state index >= 15 is 0 Å². The van der Waals surface area contributed by atoms with Crippen molar-refractivity contribution in [1.29, 1.82) is 0 Å². The van der Waals surface area contributed by atoms with Crippen LogP contribution in [0.5, 0.6) is 0 Å². The van der Waals surface area contributed by atoms with Crippen molar-refractivity contribution in [3.63, 3.8) is 0 Å². The zero-order valence-electron chi connectivity index (χ0n) is 14.3. The fourth-order valence-corrected chi connectivity index (χ4v) is 3.12. The average molecular weight is 332 g/mol. The molecule has 0 amide bonds. The summed E-state index contributed by atoms with van der Waals surface area (Å²) >= 11 is 0. The minimum Gasteiger partial charge on any atom is -0.450 e. The van der Waals surface area contributed by atoms with E-state index in [-0.39, 0.29) is 6.04 Å². The number of benzene rings is 2. The predicted octanol–water partition coefficient (Wildman–Crippen LogP) is 4.09. The predicted molar refractivity (Wildman–Crippen MR) is 101 cm³/mol. The Hall–Kier alpha value is -2.92. The molecule has 2 heterocycles. The van der Waals surface area contributed by atoms with Gasteiger partial charge >= 0.3 is 0 Å². The number of rotatable bonds is 5. The average Bonchev–Trinajstić information content (AvgIpc) is 3.02. The quantitative estimate of drug-likeness (QED) is 0.596. The van der Waals surface area contributed by atoms with Gasteiger partial charge < -0.3 is 14.6 Å². The van der Waals surface area contributed by atoms with Crippen molar-refractivity contribution in [2.75, 3.05) is 26.0 Å². The topological polar surface area (TPSA) is 54.2 Å². The summed E-state index contributed by atoms with van der Waals surface area (Å²) in [4.78, 5) is 11.0. The summed E-state index contributed by atoms with van der Waals surface area (Å²) in [6, 6.07) is 18.6. The molecule has 5 heteroatoms. The van der Waals surface area contributed by atoms with Gasteiger partial charge in [0, 0.05) is 11.9 Å². The molecule has 0 aliphatic carbocycles. The van der Waals surface area contributed by atoms with Gasteiger partial charge in [-0.15, -0.1) is 0 Å². The first kappa shape index (κ1) is 15.6. The van der Waals surface area contributed by atoms with E-state index in [1.165, 1.54) is 5.56 Å². The number of aromatic nitrogens is 2. The molecule has 1 unspecified atom stereocenters. The normalized spacial score (nSPS) is 12.8. The second-order valence-electron chi connectivity index (χ2n) is 6.27. The van der Waals surface area contributed by atoms with Crippen LogP contribution in [0.4, 0.5) is 5.82 Å². The van der Waals surface area contributed by atoms with E-state index in [0.717, 1.165) is 28.8 Å². The maximum Gasteiger partial charge on any atom is 0.196 e. The third-order valence-corrected chi connectivity index (χ3v) is 4.43. The van der Waals surface area contributed by atoms with Crippen molar-refractivity contribution in [3.8, 4) is 0 Å². The molecule has 0 fully saturated rings. The summed E-state index contributed by atoms with van der Waals surface area (Å²) in [7, 11) is 4.16. The van der Waals surface area contributed by atoms with Crippen molar-refractivity contribution >= 4 is 27.9 Å². The number of para-hydroxylation sites is 1. The molecule has 2 aromatic carbocycles. The highest BCUT2D eigenvalue weighted by Gasteiger charge is 2.17. The number of likely N-dealkylation sites (N-methyl/N-ethyl adjacent to an activating group) is 1. The number of hydrogen-bond acceptors (Lipinski definition) is 5. The number of nitrogens with one attached hydrogen (secondary N) is 1. The molecule has 0 bridgehead atoms. The van der Waals surface area contributed by atoms with Crippen molar-refractivity contribution in [2.45, 2.75) is 6.04 Å². The largest absolute Gasteiger partial charge is 0.450 e. The van der Waals surface area contributed by atoms with Gasteiger partial charge in [-0.1, -0.05) is 42.5 Å². The molecule has 4 aromatic rings. The number of fused-ring (bicyclic) bond motifs is 3. The Labute approximate surface area is 146 Å². The van der Waals surface area contributed by atoms with Gasteiger partial charge in [0.2, 0.25) is 0 Å². The molecule has 126 valence electrons. The summed E-state index contributed by atoms with van der Waals surface area (Å²) in [5.41, 5.74) is 3.63. The van der Waals surface area contributed by atoms with Gasteiger partial charge in [-0.3, -0.25) is 0 Å². The second kappa shape index (κ2) is 6.53. The van der Waals surface area contributed by atoms with Gasteiger partial charge in [-0.25, -0.2) is 9.97 Å². The number of furan rings is 1. The zero-order valence-corrected chi connectivity index (χ0v) is 14.3. The van der Waals surface area contributed by atoms with Crippen LogP contribution in [0, 0.1) is 0 Å². The Morgan fingerprint density at radius 1 is 1.00 bits per heavy atom. The van der Waals surface area contributed by atoms with Gasteiger partial charge in [0.05, 0.1) is 6.04 Å². The minimum absolute atomic E-state index is 0.232. The Morgan fingerprint density at radius 2 is 1.76 bits per heavy atom. The lowest BCUT2D eigenvalue weighted by atomic mass is 10.1. The summed E-state index contributed by atoms with van der Waals surface area (Å²) in [6.07, 6.45) is 1.58. The van der Waals surface area contributed by atoms with E-state index in [0.29, 0.717) is 5.58 Å². The molecule has 25 heavy (non-hydrogen) atoms. The fourth-order valence-electron chi connectivity index (χ4n) is 3.12. The van der Waals surface area contributed by atoms with Gasteiger partial charge in [0.15, 0.2) is 11.4 Å². The monoisotopic (exact) mass is 332 g/mol. The zero-order chi connectivity index (χ0) is 17.2. The highest BCUT2D eigenvalue weighted by molar-refractivity contribution is 6.05. The second-order valence-corrected chi connectivity index (χ2v) is 6.27. The number of nitrogens with zero attached hydrogens (tertiary/aromatic N) is 3. The lowest BCUT2D eigenvalue weighted by molar-refractivity contribution is 0.311. The van der Waals surface area contributed by atoms with Gasteiger partial charge in [-0.2, -0.15) is 0 Å². The Bertz CT molecular complexity index is 994. The third-order valence-electron chi connectivity index (χ3n) is 4.43. The van der Waals surface area contributed by atoms with E-state index in [1.807, 2.05) is 30.3 Å². The third kappa shape index (κ3) is 2.94. The molecule has 4 rings (SSSR count). The molecule has 1 N–H and O–H groups in total. The highest BCUT2D eigenvalue weighted by atomic mass is 16.3. The minimum atomic E-state index is 0.232. The maximum atomic E-state index is 5.98. The molecule has 0 saturated carbocycles. The lowest BCUT2D eigenvalue weighted by Gasteiger charge is -2.25. The Balaban J connectivity index is 1.66. The van der Waals surface area contributed by atoms with Crippen molar-refractivity contribution in [1.82, 2.24) is 14.9 Å². The van der Waals surface area contributed by atoms with Crippen molar-refractivity contribution in [2.24, 2.45) is 0 Å². The molecule has 0 saturated heterocycles. The lowest BCUT2D eigenvalue weighted by Crippen LogP contribution is -2.27. The smallest absolute Gasteiger partial charge is 0.196 e. The summed E-state index contributed by atoms with van der Waals surface area (Å²) in [5, 5.41) is 4.45. The van der Waals surface area contributed by atoms with E-state index < -0.39 is 0 Å². The van der Waals surface area contributed by atoms with E-state index in [4.69, 9.17) is 4.42 Å². The standard InChI is InChI=1S/C20H20N4O/c1-24(2)16(14-8-4-3-5-9-14)12-21-20-19-18(22-13-23-20)15-10-6-7-11-17(15)25-19/h3-11,13,16H,12H2,1-2H3,(H,21,22,23). The van der Waals surface area contributed by atoms with E-state index in [9.17, 15) is 0 Å². The number of anilines is 1. The van der Waals surface area contributed by atoms with E-state index in [1.54, 1.807) is 6.33 Å². The first-order valence-corrected chi connectivity index (χ1v) is 8.31. The van der Waals surface area contributed by atoms with Crippen molar-refractivity contribution in [3.05, 3.63) is 66.5 Å². The summed E-state index contributed by atoms with van der Waals surface area (Å²) in [6.45, 7) is 0.722. The Kier molecular flexibility index (Phi) is 4.07. The molecule has 5 nitrogen and oxygen atoms in total. The van der Waals surface area contributed by atoms with Crippen LogP contribution in [0.2, 0.25) is 0 Å². The fraction of sp³-hybridized carbons (Fsp3) is 0.200. The Morgan fingerprint density at radius 3 is 2.56 bits per heavy atom. The van der Waals surface area contributed by atoms with Gasteiger partial charge in [-0.05, 0) is 31.8 Å². The van der Waals surface area contributed by atoms with E-state index in [2.05, 4.69) is 58.5 Å². The van der Waals surface area contributed by atoms with Crippen LogP contribution in [-0.2, 0) is 0 Å². The van der Waals surface area contributed by atoms with Crippen LogP contribution < -0.4 is 5.32 Å². The molecule has 0 aliphatic heterocycles. The SMILES string of the molecule is CN(C)C(CNc1ncnc2c1oc1ccccc12)c1ccccc1. The maximum absolute atomic E-state index is 5.98. The van der Waals surface area contributed by atoms with Crippen molar-refractivity contribution < 1.29 is 4.42 Å².